The van der Waals surface area contributed by atoms with Crippen LogP contribution in [0.1, 0.15) is 32.6 Å². The van der Waals surface area contributed by atoms with Crippen LogP contribution in [0.25, 0.3) is 0 Å². The SMILES string of the molecule is Cc1cc(C)cc(NC(=O)CSc2nnc(NC(=O)c3ccc(Cc4ccccc4)cc3)s2)c1. The molecule has 0 fully saturated rings. The summed E-state index contributed by atoms with van der Waals surface area (Å²) in [5, 5.41) is 14.2. The summed E-state index contributed by atoms with van der Waals surface area (Å²) in [7, 11) is 0. The standard InChI is InChI=1S/C26H24N4O2S2/c1-17-12-18(2)14-22(13-17)27-23(31)16-33-26-30-29-25(34-26)28-24(32)21-10-8-20(9-11-21)15-19-6-4-3-5-7-19/h3-14H,15-16H2,1-2H3,(H,27,31)(H,28,29,32). The molecule has 0 aliphatic rings. The van der Waals surface area contributed by atoms with Crippen molar-refractivity contribution in [3.63, 3.8) is 0 Å². The molecule has 0 unspecified atom stereocenters. The largest absolute Gasteiger partial charge is 0.325 e. The second-order valence-electron chi connectivity index (χ2n) is 7.90. The normalized spacial score (nSPS) is 10.6. The van der Waals surface area contributed by atoms with Crippen LogP contribution in [0, 0.1) is 13.8 Å². The highest BCUT2D eigenvalue weighted by Crippen LogP contribution is 2.26. The van der Waals surface area contributed by atoms with Crippen molar-refractivity contribution in [1.29, 1.82) is 0 Å². The highest BCUT2D eigenvalue weighted by Gasteiger charge is 2.12. The van der Waals surface area contributed by atoms with Gasteiger partial charge in [0.2, 0.25) is 11.0 Å². The van der Waals surface area contributed by atoms with E-state index in [-0.39, 0.29) is 17.6 Å². The fourth-order valence-electron chi connectivity index (χ4n) is 3.46. The third kappa shape index (κ3) is 6.76. The van der Waals surface area contributed by atoms with Crippen LogP contribution in [-0.2, 0) is 11.2 Å². The second kappa shape index (κ2) is 11.1. The van der Waals surface area contributed by atoms with E-state index in [0.717, 1.165) is 28.8 Å². The number of carbonyl (C=O) groups is 2. The summed E-state index contributed by atoms with van der Waals surface area (Å²) in [4.78, 5) is 24.8. The lowest BCUT2D eigenvalue weighted by atomic mass is 10.0. The van der Waals surface area contributed by atoms with Gasteiger partial charge in [-0.3, -0.25) is 14.9 Å². The third-order valence-corrected chi connectivity index (χ3v) is 6.90. The molecule has 34 heavy (non-hydrogen) atoms. The summed E-state index contributed by atoms with van der Waals surface area (Å²) in [5.41, 5.74) is 5.88. The van der Waals surface area contributed by atoms with E-state index in [0.29, 0.717) is 15.0 Å². The fraction of sp³-hybridized carbons (Fsp3) is 0.154. The third-order valence-electron chi connectivity index (χ3n) is 4.93. The van der Waals surface area contributed by atoms with Crippen molar-refractivity contribution in [2.75, 3.05) is 16.4 Å². The Kier molecular flexibility index (Phi) is 7.72. The van der Waals surface area contributed by atoms with Crippen LogP contribution in [0.3, 0.4) is 0 Å². The molecule has 4 rings (SSSR count). The van der Waals surface area contributed by atoms with Crippen LogP contribution >= 0.6 is 23.1 Å². The van der Waals surface area contributed by atoms with Crippen molar-refractivity contribution in [2.24, 2.45) is 0 Å². The molecule has 0 spiro atoms. The molecule has 0 saturated carbocycles. The van der Waals surface area contributed by atoms with Crippen molar-refractivity contribution in [3.05, 3.63) is 101 Å². The Balaban J connectivity index is 1.27. The number of nitrogens with zero attached hydrogens (tertiary/aromatic N) is 2. The van der Waals surface area contributed by atoms with E-state index in [1.807, 2.05) is 68.4 Å². The Labute approximate surface area is 206 Å². The summed E-state index contributed by atoms with van der Waals surface area (Å²) >= 11 is 2.53. The van der Waals surface area contributed by atoms with Gasteiger partial charge in [0.25, 0.3) is 5.91 Å². The number of aryl methyl sites for hydroxylation is 2. The first-order chi connectivity index (χ1) is 16.4. The van der Waals surface area contributed by atoms with Gasteiger partial charge in [0.05, 0.1) is 5.75 Å². The Morgan fingerprint density at radius 1 is 0.853 bits per heavy atom. The maximum Gasteiger partial charge on any atom is 0.257 e. The van der Waals surface area contributed by atoms with E-state index in [9.17, 15) is 9.59 Å². The zero-order valence-electron chi connectivity index (χ0n) is 18.9. The molecule has 2 N–H and O–H groups in total. The van der Waals surface area contributed by atoms with Crippen molar-refractivity contribution in [3.8, 4) is 0 Å². The molecule has 1 aromatic heterocycles. The van der Waals surface area contributed by atoms with Gasteiger partial charge in [-0.15, -0.1) is 10.2 Å². The quantitative estimate of drug-likeness (QED) is 0.244. The van der Waals surface area contributed by atoms with E-state index in [1.165, 1.54) is 28.7 Å². The van der Waals surface area contributed by atoms with E-state index >= 15 is 0 Å². The second-order valence-corrected chi connectivity index (χ2v) is 10.1. The highest BCUT2D eigenvalue weighted by molar-refractivity contribution is 8.01. The number of hydrogen-bond acceptors (Lipinski definition) is 6. The lowest BCUT2D eigenvalue weighted by Gasteiger charge is -2.06. The van der Waals surface area contributed by atoms with Gasteiger partial charge in [-0.25, -0.2) is 0 Å². The van der Waals surface area contributed by atoms with Crippen LogP contribution in [0.4, 0.5) is 10.8 Å². The number of anilines is 2. The first-order valence-electron chi connectivity index (χ1n) is 10.7. The maximum absolute atomic E-state index is 12.6. The van der Waals surface area contributed by atoms with Crippen molar-refractivity contribution >= 4 is 45.7 Å². The molecule has 0 bridgehead atoms. The number of aromatic nitrogens is 2. The first-order valence-corrected chi connectivity index (χ1v) is 12.5. The molecule has 2 amide bonds. The average molecular weight is 489 g/mol. The molecule has 1 heterocycles. The zero-order valence-corrected chi connectivity index (χ0v) is 20.5. The van der Waals surface area contributed by atoms with Gasteiger partial charge >= 0.3 is 0 Å². The predicted molar refractivity (Wildman–Crippen MR) is 139 cm³/mol. The molecule has 3 aromatic carbocycles. The smallest absolute Gasteiger partial charge is 0.257 e. The van der Waals surface area contributed by atoms with Gasteiger partial charge in [-0.05, 0) is 66.8 Å². The molecule has 0 aliphatic heterocycles. The van der Waals surface area contributed by atoms with Gasteiger partial charge < -0.3 is 5.32 Å². The first kappa shape index (κ1) is 23.7. The van der Waals surface area contributed by atoms with Crippen LogP contribution in [-0.4, -0.2) is 27.8 Å². The molecule has 0 aliphatic carbocycles. The Hall–Kier alpha value is -3.49. The summed E-state index contributed by atoms with van der Waals surface area (Å²) in [5.74, 6) is -0.156. The number of nitrogens with one attached hydrogen (secondary N) is 2. The van der Waals surface area contributed by atoms with Crippen LogP contribution in [0.5, 0.6) is 0 Å². The number of carbonyl (C=O) groups excluding carboxylic acids is 2. The number of benzene rings is 3. The lowest BCUT2D eigenvalue weighted by molar-refractivity contribution is -0.113. The molecule has 0 atom stereocenters. The Bertz CT molecular complexity index is 1270. The number of rotatable bonds is 8. The number of hydrogen-bond donors (Lipinski definition) is 2. The van der Waals surface area contributed by atoms with E-state index in [1.54, 1.807) is 0 Å². The topological polar surface area (TPSA) is 84.0 Å². The minimum absolute atomic E-state index is 0.119. The van der Waals surface area contributed by atoms with Gasteiger partial charge in [-0.2, -0.15) is 0 Å². The van der Waals surface area contributed by atoms with Crippen molar-refractivity contribution in [2.45, 2.75) is 24.6 Å². The minimum atomic E-state index is -0.244. The highest BCUT2D eigenvalue weighted by atomic mass is 32.2. The van der Waals surface area contributed by atoms with E-state index in [4.69, 9.17) is 0 Å². The van der Waals surface area contributed by atoms with Gasteiger partial charge in [-0.1, -0.05) is 71.6 Å². The molecule has 6 nitrogen and oxygen atoms in total. The zero-order chi connectivity index (χ0) is 23.9. The predicted octanol–water partition coefficient (Wildman–Crippen LogP) is 5.73. The van der Waals surface area contributed by atoms with Gasteiger partial charge in [0.15, 0.2) is 4.34 Å². The number of thioether (sulfide) groups is 1. The van der Waals surface area contributed by atoms with Crippen LogP contribution < -0.4 is 10.6 Å². The van der Waals surface area contributed by atoms with Crippen molar-refractivity contribution in [1.82, 2.24) is 10.2 Å². The van der Waals surface area contributed by atoms with E-state index in [2.05, 4.69) is 39.0 Å². The fourth-order valence-corrected chi connectivity index (χ4v) is 5.01. The Morgan fingerprint density at radius 3 is 2.24 bits per heavy atom. The summed E-state index contributed by atoms with van der Waals surface area (Å²) in [6.07, 6.45) is 0.816. The molecule has 0 radical (unpaired) electrons. The van der Waals surface area contributed by atoms with E-state index < -0.39 is 0 Å². The van der Waals surface area contributed by atoms with Crippen LogP contribution in [0.15, 0.2) is 77.1 Å². The van der Waals surface area contributed by atoms with Crippen LogP contribution in [0.2, 0.25) is 0 Å². The molecule has 0 saturated heterocycles. The lowest BCUT2D eigenvalue weighted by Crippen LogP contribution is -2.14. The number of amides is 2. The molecule has 8 heteroatoms. The summed E-state index contributed by atoms with van der Waals surface area (Å²) in [6.45, 7) is 3.99. The van der Waals surface area contributed by atoms with Gasteiger partial charge in [0, 0.05) is 11.3 Å². The Morgan fingerprint density at radius 2 is 1.53 bits per heavy atom. The average Bonchev–Trinajstić information content (AvgIpc) is 3.25. The molecule has 4 aromatic rings. The summed E-state index contributed by atoms with van der Waals surface area (Å²) in [6, 6.07) is 23.6. The summed E-state index contributed by atoms with van der Waals surface area (Å²) < 4.78 is 0.615. The molecular weight excluding hydrogens is 464 g/mol. The van der Waals surface area contributed by atoms with Crippen molar-refractivity contribution < 1.29 is 9.59 Å². The monoisotopic (exact) mass is 488 g/mol. The minimum Gasteiger partial charge on any atom is -0.325 e. The van der Waals surface area contributed by atoms with Gasteiger partial charge in [0.1, 0.15) is 0 Å². The maximum atomic E-state index is 12.6. The molecule has 172 valence electrons. The molecular formula is C26H24N4O2S2.